The molecular weight excluding hydrogens is 1340 g/mol. The molecule has 12 aromatic carbocycles. The SMILES string of the molecule is Brc1cccc(N(c2ccccc2)c2cccc3c2C(c2ccccc2)(c2ccccc2)c2ccccc2-3)c1.CC1(C)OB(B2OC(C)(C)C(C)(C)O2)OC1(C)C.CC1(C)OB(c2ccc3c4ccccc4n(-c4cccc5c4C(c4ccccc4)(c4ccccc4)c4ccccc4-5)c3c2)OC1(C)C. The van der Waals surface area contributed by atoms with E-state index in [1.165, 1.54) is 94.4 Å². The molecule has 0 unspecified atom stereocenters. The van der Waals surface area contributed by atoms with E-state index in [0.29, 0.717) is 0 Å². The maximum Gasteiger partial charge on any atom is 0.494 e. The van der Waals surface area contributed by atoms with Crippen LogP contribution in [0.15, 0.2) is 308 Å². The minimum absolute atomic E-state index is 0.360. The Morgan fingerprint density at radius 3 is 1.17 bits per heavy atom. The normalized spacial score (nSPS) is 18.2. The lowest BCUT2D eigenvalue weighted by atomic mass is 9.49. The van der Waals surface area contributed by atoms with E-state index in [1.807, 2.05) is 55.4 Å². The highest BCUT2D eigenvalue weighted by atomic mass is 79.9. The Hall–Kier alpha value is -9.33. The molecule has 4 heterocycles. The zero-order valence-electron chi connectivity index (χ0n) is 61.3. The molecule has 13 aromatic rings. The summed E-state index contributed by atoms with van der Waals surface area (Å²) in [6.45, 7) is 24.7. The smallest absolute Gasteiger partial charge is 0.405 e. The first-order chi connectivity index (χ1) is 50.0. The number of fused-ring (bicyclic) bond motifs is 9. The zero-order chi connectivity index (χ0) is 72.2. The van der Waals surface area contributed by atoms with Crippen LogP contribution in [0.1, 0.15) is 128 Å². The van der Waals surface area contributed by atoms with Crippen LogP contribution >= 0.6 is 15.9 Å². The predicted molar refractivity (Wildman–Crippen MR) is 432 cm³/mol. The van der Waals surface area contributed by atoms with E-state index in [9.17, 15) is 0 Å². The Bertz CT molecular complexity index is 5200. The van der Waals surface area contributed by atoms with E-state index < -0.39 is 43.2 Å². The number of anilines is 3. The van der Waals surface area contributed by atoms with Gasteiger partial charge in [-0.25, -0.2) is 0 Å². The standard InChI is InChI=1S/C43H36BNO2.C37H26BrN.C12H24B2O4/c1-41(2)42(3,4)47-44(46-41)31-26-27-34-33-21-12-14-24-37(33)45(39(34)28-31)38-25-15-22-35-32-20-11-13-23-36(32)43(40(35)38,29-16-7-5-8-17-29)30-18-9-6-10-19-30;38-29-18-12-21-31(26-29)39(30-19-8-3-9-20-30)35-25-13-23-33-32-22-10-11-24-34(32)37(36(33)35,27-14-4-1-5-15-27)28-16-6-2-7-17-28;1-9(2)10(3,4)16-13(15-9)14-17-11(5,6)12(7,8)18-14/h5-28H,1-4H3;1-26H;1-8H3. The van der Waals surface area contributed by atoms with Crippen LogP contribution in [-0.4, -0.2) is 59.3 Å². The van der Waals surface area contributed by atoms with E-state index in [4.69, 9.17) is 27.9 Å². The molecule has 18 rings (SSSR count). The summed E-state index contributed by atoms with van der Waals surface area (Å²) >= 11 is 3.73. The summed E-state index contributed by atoms with van der Waals surface area (Å²) in [6.07, 6.45) is 0. The second-order valence-corrected chi connectivity index (χ2v) is 32.0. The number of halogens is 1. The molecule has 0 atom stereocenters. The number of para-hydroxylation sites is 2. The first-order valence-corrected chi connectivity index (χ1v) is 37.2. The molecule has 3 saturated heterocycles. The molecule has 0 radical (unpaired) electrons. The van der Waals surface area contributed by atoms with Gasteiger partial charge in [0.15, 0.2) is 0 Å². The molecule has 516 valence electrons. The van der Waals surface area contributed by atoms with E-state index in [1.54, 1.807) is 0 Å². The second-order valence-electron chi connectivity index (χ2n) is 31.1. The van der Waals surface area contributed by atoms with E-state index in [-0.39, 0.29) is 22.4 Å². The van der Waals surface area contributed by atoms with Crippen LogP contribution in [-0.2, 0) is 38.8 Å². The first kappa shape index (κ1) is 69.1. The number of hydrogen-bond donors (Lipinski definition) is 0. The van der Waals surface area contributed by atoms with Gasteiger partial charge in [0.05, 0.1) is 66.8 Å². The van der Waals surface area contributed by atoms with Crippen molar-refractivity contribution in [2.45, 2.75) is 128 Å². The Balaban J connectivity index is 0.000000131. The molecule has 0 N–H and O–H groups in total. The molecule has 104 heavy (non-hydrogen) atoms. The highest BCUT2D eigenvalue weighted by Crippen LogP contribution is 2.62. The minimum Gasteiger partial charge on any atom is -0.405 e. The molecule has 1 aromatic heterocycles. The van der Waals surface area contributed by atoms with Gasteiger partial charge in [0.2, 0.25) is 0 Å². The number of aromatic nitrogens is 1. The highest BCUT2D eigenvalue weighted by Gasteiger charge is 2.64. The molecule has 0 saturated carbocycles. The van der Waals surface area contributed by atoms with Crippen LogP contribution in [0, 0.1) is 0 Å². The monoisotopic (exact) mass is 1430 g/mol. The average Bonchev–Trinajstić information content (AvgIpc) is 1.53. The van der Waals surface area contributed by atoms with Crippen LogP contribution in [0.25, 0.3) is 49.7 Å². The van der Waals surface area contributed by atoms with Crippen molar-refractivity contribution in [1.82, 2.24) is 4.57 Å². The molecule has 8 nitrogen and oxygen atoms in total. The molecule has 3 aliphatic heterocycles. The fourth-order valence-corrected chi connectivity index (χ4v) is 16.7. The molecular formula is C92H86B3BrN2O6. The van der Waals surface area contributed by atoms with Crippen molar-refractivity contribution in [3.63, 3.8) is 0 Å². The average molecular weight is 1430 g/mol. The molecule has 2 aliphatic carbocycles. The summed E-state index contributed by atoms with van der Waals surface area (Å²) < 4.78 is 40.5. The Morgan fingerprint density at radius 1 is 0.308 bits per heavy atom. The minimum atomic E-state index is -0.522. The van der Waals surface area contributed by atoms with E-state index in [0.717, 1.165) is 26.8 Å². The van der Waals surface area contributed by atoms with Crippen molar-refractivity contribution < 1.29 is 27.9 Å². The lowest BCUT2D eigenvalue weighted by Gasteiger charge is -2.37. The van der Waals surface area contributed by atoms with Gasteiger partial charge in [0, 0.05) is 37.7 Å². The summed E-state index contributed by atoms with van der Waals surface area (Å²) in [5, 5.41) is 2.43. The Kier molecular flexibility index (Phi) is 17.3. The molecule has 5 aliphatic rings. The van der Waals surface area contributed by atoms with Crippen molar-refractivity contribution in [3.8, 4) is 27.9 Å². The third-order valence-corrected chi connectivity index (χ3v) is 23.9. The molecule has 0 amide bonds. The first-order valence-electron chi connectivity index (χ1n) is 36.4. The van der Waals surface area contributed by atoms with Gasteiger partial charge in [-0.2, -0.15) is 0 Å². The molecule has 3 fully saturated rings. The van der Waals surface area contributed by atoms with Crippen molar-refractivity contribution >= 4 is 81.4 Å². The fraction of sp³-hybridized carbons (Fsp3) is 0.217. The zero-order valence-corrected chi connectivity index (χ0v) is 62.9. The van der Waals surface area contributed by atoms with Crippen LogP contribution in [0.2, 0.25) is 0 Å². The number of hydrogen-bond acceptors (Lipinski definition) is 7. The van der Waals surface area contributed by atoms with Gasteiger partial charge in [-0.15, -0.1) is 0 Å². The van der Waals surface area contributed by atoms with Gasteiger partial charge in [-0.1, -0.05) is 265 Å². The van der Waals surface area contributed by atoms with Gasteiger partial charge in [0.1, 0.15) is 0 Å². The van der Waals surface area contributed by atoms with E-state index >= 15 is 0 Å². The maximum atomic E-state index is 6.55. The molecule has 0 bridgehead atoms. The Morgan fingerprint density at radius 2 is 0.683 bits per heavy atom. The van der Waals surface area contributed by atoms with Crippen molar-refractivity contribution in [2.75, 3.05) is 4.90 Å². The topological polar surface area (TPSA) is 63.5 Å². The summed E-state index contributed by atoms with van der Waals surface area (Å²) in [4.78, 5) is 2.40. The highest BCUT2D eigenvalue weighted by molar-refractivity contribution is 9.10. The predicted octanol–water partition coefficient (Wildman–Crippen LogP) is 22.0. The van der Waals surface area contributed by atoms with Crippen LogP contribution in [0.4, 0.5) is 17.1 Å². The number of rotatable bonds is 10. The molecule has 0 spiro atoms. The number of nitrogens with zero attached hydrogens (tertiary/aromatic N) is 2. The van der Waals surface area contributed by atoms with Crippen molar-refractivity contribution in [2.24, 2.45) is 0 Å². The fourth-order valence-electron chi connectivity index (χ4n) is 16.3. The van der Waals surface area contributed by atoms with Crippen LogP contribution in [0.5, 0.6) is 0 Å². The van der Waals surface area contributed by atoms with Gasteiger partial charge < -0.3 is 37.4 Å². The largest absolute Gasteiger partial charge is 0.494 e. The van der Waals surface area contributed by atoms with Crippen LogP contribution < -0.4 is 10.4 Å². The Labute approximate surface area is 622 Å². The summed E-state index contributed by atoms with van der Waals surface area (Å²) in [5.74, 6) is 0. The summed E-state index contributed by atoms with van der Waals surface area (Å²) in [5.41, 5.74) is 19.9. The summed E-state index contributed by atoms with van der Waals surface area (Å²) in [6, 6.07) is 110. The van der Waals surface area contributed by atoms with E-state index in [2.05, 4.69) is 356 Å². The maximum absolute atomic E-state index is 6.55. The van der Waals surface area contributed by atoms with Crippen molar-refractivity contribution in [3.05, 3.63) is 352 Å². The van der Waals surface area contributed by atoms with Gasteiger partial charge >= 0.3 is 21.1 Å². The van der Waals surface area contributed by atoms with Gasteiger partial charge in [-0.3, -0.25) is 0 Å². The summed E-state index contributed by atoms with van der Waals surface area (Å²) in [7, 11) is -1.40. The molecule has 12 heteroatoms. The lowest BCUT2D eigenvalue weighted by molar-refractivity contribution is 0.00578. The third-order valence-electron chi connectivity index (χ3n) is 23.5. The number of benzene rings is 12. The lowest BCUT2D eigenvalue weighted by Crippen LogP contribution is -2.41. The van der Waals surface area contributed by atoms with Crippen LogP contribution in [0.3, 0.4) is 0 Å². The quantitative estimate of drug-likeness (QED) is 0.126. The van der Waals surface area contributed by atoms with Gasteiger partial charge in [-0.05, 0) is 199 Å². The van der Waals surface area contributed by atoms with Gasteiger partial charge in [0.25, 0.3) is 0 Å². The van der Waals surface area contributed by atoms with Crippen molar-refractivity contribution in [1.29, 1.82) is 0 Å². The second kappa shape index (κ2) is 26.1. The third kappa shape index (κ3) is 11.2.